The van der Waals surface area contributed by atoms with E-state index < -0.39 is 11.5 Å². The number of hydrogen-bond acceptors (Lipinski definition) is 4. The fourth-order valence-corrected chi connectivity index (χ4v) is 2.54. The zero-order chi connectivity index (χ0) is 13.3. The first-order valence-electron chi connectivity index (χ1n) is 6.10. The molecule has 1 heterocycles. The number of nitrogens with zero attached hydrogens (tertiary/aromatic N) is 2. The van der Waals surface area contributed by atoms with Crippen molar-refractivity contribution in [3.05, 3.63) is 0 Å². The van der Waals surface area contributed by atoms with Crippen LogP contribution in [0.1, 0.15) is 26.2 Å². The highest BCUT2D eigenvalue weighted by Crippen LogP contribution is 2.43. The van der Waals surface area contributed by atoms with Crippen LogP contribution in [0.5, 0.6) is 0 Å². The van der Waals surface area contributed by atoms with Gasteiger partial charge in [-0.25, -0.2) is 0 Å². The molecule has 1 unspecified atom stereocenters. The average Bonchev–Trinajstić information content (AvgIpc) is 2.30. The lowest BCUT2D eigenvalue weighted by molar-refractivity contribution is -0.150. The summed E-state index contributed by atoms with van der Waals surface area (Å²) < 4.78 is 0. The SMILES string of the molecule is CC1C(=O)NCCN1C(=O)C1(C(N)=NO)CCC1. The molecule has 100 valence electrons. The van der Waals surface area contributed by atoms with Gasteiger partial charge in [0.15, 0.2) is 5.84 Å². The van der Waals surface area contributed by atoms with E-state index in [2.05, 4.69) is 10.5 Å². The summed E-state index contributed by atoms with van der Waals surface area (Å²) in [5, 5.41) is 14.5. The Bertz CT molecular complexity index is 403. The summed E-state index contributed by atoms with van der Waals surface area (Å²) in [4.78, 5) is 25.6. The molecule has 0 aromatic heterocycles. The summed E-state index contributed by atoms with van der Waals surface area (Å²) in [5.74, 6) is -0.410. The minimum Gasteiger partial charge on any atom is -0.409 e. The zero-order valence-electron chi connectivity index (χ0n) is 10.3. The number of amidine groups is 1. The van der Waals surface area contributed by atoms with Crippen LogP contribution in [0.3, 0.4) is 0 Å². The molecular formula is C11H18N4O3. The average molecular weight is 254 g/mol. The molecule has 2 aliphatic rings. The van der Waals surface area contributed by atoms with E-state index in [0.29, 0.717) is 25.9 Å². The molecule has 0 aromatic rings. The predicted octanol–water partition coefficient (Wildman–Crippen LogP) is -0.750. The Balaban J connectivity index is 2.22. The van der Waals surface area contributed by atoms with E-state index in [1.54, 1.807) is 6.92 Å². The number of carbonyl (C=O) groups is 2. The van der Waals surface area contributed by atoms with Gasteiger partial charge >= 0.3 is 0 Å². The molecule has 0 aromatic carbocycles. The maximum atomic E-state index is 12.5. The molecule has 7 heteroatoms. The molecule has 0 radical (unpaired) electrons. The Hall–Kier alpha value is -1.79. The highest BCUT2D eigenvalue weighted by atomic mass is 16.4. The van der Waals surface area contributed by atoms with Crippen molar-refractivity contribution in [1.82, 2.24) is 10.2 Å². The maximum Gasteiger partial charge on any atom is 0.242 e. The van der Waals surface area contributed by atoms with Gasteiger partial charge in [-0.1, -0.05) is 11.6 Å². The Morgan fingerprint density at radius 3 is 2.78 bits per heavy atom. The number of oxime groups is 1. The van der Waals surface area contributed by atoms with Crippen molar-refractivity contribution in [2.24, 2.45) is 16.3 Å². The Labute approximate surface area is 105 Å². The van der Waals surface area contributed by atoms with Gasteiger partial charge in [-0.15, -0.1) is 0 Å². The van der Waals surface area contributed by atoms with E-state index >= 15 is 0 Å². The quantitative estimate of drug-likeness (QED) is 0.261. The summed E-state index contributed by atoms with van der Waals surface area (Å²) in [6, 6.07) is -0.504. The Morgan fingerprint density at radius 2 is 2.28 bits per heavy atom. The molecule has 1 aliphatic carbocycles. The van der Waals surface area contributed by atoms with Crippen LogP contribution >= 0.6 is 0 Å². The van der Waals surface area contributed by atoms with E-state index in [0.717, 1.165) is 6.42 Å². The number of carbonyl (C=O) groups excluding carboxylic acids is 2. The molecule has 2 fully saturated rings. The molecule has 1 atom stereocenters. The monoisotopic (exact) mass is 254 g/mol. The zero-order valence-corrected chi connectivity index (χ0v) is 10.3. The van der Waals surface area contributed by atoms with Crippen LogP contribution in [0.15, 0.2) is 5.16 Å². The molecule has 2 amide bonds. The Kier molecular flexibility index (Phi) is 3.14. The van der Waals surface area contributed by atoms with Crippen molar-refractivity contribution in [3.63, 3.8) is 0 Å². The van der Waals surface area contributed by atoms with Crippen molar-refractivity contribution in [1.29, 1.82) is 0 Å². The maximum absolute atomic E-state index is 12.5. The third kappa shape index (κ3) is 1.70. The second-order valence-electron chi connectivity index (χ2n) is 4.89. The first-order chi connectivity index (χ1) is 8.53. The molecule has 0 bridgehead atoms. The van der Waals surface area contributed by atoms with Crippen molar-refractivity contribution >= 4 is 17.6 Å². The lowest BCUT2D eigenvalue weighted by atomic mass is 9.66. The number of nitrogens with one attached hydrogen (secondary N) is 1. The molecule has 18 heavy (non-hydrogen) atoms. The van der Waals surface area contributed by atoms with Crippen molar-refractivity contribution in [2.45, 2.75) is 32.2 Å². The van der Waals surface area contributed by atoms with Crippen molar-refractivity contribution < 1.29 is 14.8 Å². The minimum atomic E-state index is -0.902. The lowest BCUT2D eigenvalue weighted by Crippen LogP contribution is -2.62. The number of nitrogens with two attached hydrogens (primary N) is 1. The molecule has 1 aliphatic heterocycles. The lowest BCUT2D eigenvalue weighted by Gasteiger charge is -2.44. The second-order valence-corrected chi connectivity index (χ2v) is 4.89. The number of rotatable bonds is 2. The van der Waals surface area contributed by atoms with Gasteiger partial charge in [0.05, 0.1) is 0 Å². The highest BCUT2D eigenvalue weighted by molar-refractivity contribution is 6.08. The summed E-state index contributed by atoms with van der Waals surface area (Å²) in [5.41, 5.74) is 4.75. The molecule has 1 saturated heterocycles. The van der Waals surface area contributed by atoms with Gasteiger partial charge in [0, 0.05) is 13.1 Å². The molecule has 1 saturated carbocycles. The van der Waals surface area contributed by atoms with Gasteiger partial charge in [0.1, 0.15) is 11.5 Å². The van der Waals surface area contributed by atoms with E-state index in [-0.39, 0.29) is 17.6 Å². The normalized spacial score (nSPS) is 27.4. The van der Waals surface area contributed by atoms with Crippen LogP contribution in [0.25, 0.3) is 0 Å². The summed E-state index contributed by atoms with van der Waals surface area (Å²) in [6.45, 7) is 2.60. The fraction of sp³-hybridized carbons (Fsp3) is 0.727. The summed E-state index contributed by atoms with van der Waals surface area (Å²) in [7, 11) is 0. The topological polar surface area (TPSA) is 108 Å². The molecule has 4 N–H and O–H groups in total. The van der Waals surface area contributed by atoms with E-state index in [9.17, 15) is 9.59 Å². The van der Waals surface area contributed by atoms with Gasteiger partial charge < -0.3 is 21.2 Å². The van der Waals surface area contributed by atoms with Crippen LogP contribution in [0, 0.1) is 5.41 Å². The fourth-order valence-electron chi connectivity index (χ4n) is 2.54. The standard InChI is InChI=1S/C11H18N4O3/c1-7-8(16)13-5-6-15(7)10(17)11(3-2-4-11)9(12)14-18/h7,18H,2-6H2,1H3,(H2,12,14)(H,13,16). The second kappa shape index (κ2) is 4.47. The Morgan fingerprint density at radius 1 is 1.61 bits per heavy atom. The van der Waals surface area contributed by atoms with Gasteiger partial charge in [-0.3, -0.25) is 9.59 Å². The van der Waals surface area contributed by atoms with Crippen LogP contribution in [-0.4, -0.2) is 46.9 Å². The van der Waals surface area contributed by atoms with Crippen LogP contribution in [-0.2, 0) is 9.59 Å². The number of piperazine rings is 1. The first kappa shape index (κ1) is 12.7. The molecule has 7 nitrogen and oxygen atoms in total. The number of hydrogen-bond donors (Lipinski definition) is 3. The van der Waals surface area contributed by atoms with Gasteiger partial charge in [-0.2, -0.15) is 0 Å². The van der Waals surface area contributed by atoms with Gasteiger partial charge in [0.2, 0.25) is 11.8 Å². The highest BCUT2D eigenvalue weighted by Gasteiger charge is 2.51. The summed E-state index contributed by atoms with van der Waals surface area (Å²) >= 11 is 0. The largest absolute Gasteiger partial charge is 0.409 e. The van der Waals surface area contributed by atoms with Crippen LogP contribution in [0.4, 0.5) is 0 Å². The van der Waals surface area contributed by atoms with E-state index in [1.807, 2.05) is 0 Å². The number of amides is 2. The third-order valence-electron chi connectivity index (χ3n) is 3.97. The smallest absolute Gasteiger partial charge is 0.242 e. The molecular weight excluding hydrogens is 236 g/mol. The van der Waals surface area contributed by atoms with Crippen LogP contribution < -0.4 is 11.1 Å². The van der Waals surface area contributed by atoms with Gasteiger partial charge in [0.25, 0.3) is 0 Å². The van der Waals surface area contributed by atoms with Gasteiger partial charge in [-0.05, 0) is 19.8 Å². The van der Waals surface area contributed by atoms with E-state index in [4.69, 9.17) is 10.9 Å². The minimum absolute atomic E-state index is 0.0445. The van der Waals surface area contributed by atoms with Crippen molar-refractivity contribution in [3.8, 4) is 0 Å². The molecule has 2 rings (SSSR count). The first-order valence-corrected chi connectivity index (χ1v) is 6.10. The third-order valence-corrected chi connectivity index (χ3v) is 3.97. The summed E-state index contributed by atoms with van der Waals surface area (Å²) in [6.07, 6.45) is 2.02. The van der Waals surface area contributed by atoms with E-state index in [1.165, 1.54) is 4.90 Å². The predicted molar refractivity (Wildman–Crippen MR) is 63.9 cm³/mol. The van der Waals surface area contributed by atoms with Crippen LogP contribution in [0.2, 0.25) is 0 Å². The molecule has 0 spiro atoms. The van der Waals surface area contributed by atoms with Crippen molar-refractivity contribution in [2.75, 3.05) is 13.1 Å².